The van der Waals surface area contributed by atoms with Crippen molar-refractivity contribution in [1.82, 2.24) is 9.88 Å². The summed E-state index contributed by atoms with van der Waals surface area (Å²) < 4.78 is 12.6. The van der Waals surface area contributed by atoms with Gasteiger partial charge in [-0.15, -0.1) is 0 Å². The second-order valence-electron chi connectivity index (χ2n) is 3.45. The summed E-state index contributed by atoms with van der Waals surface area (Å²) in [5.74, 6) is -0.442. The Morgan fingerprint density at radius 1 is 1.50 bits per heavy atom. The van der Waals surface area contributed by atoms with Crippen LogP contribution >= 0.6 is 0 Å². The fourth-order valence-corrected chi connectivity index (χ4v) is 1.14. The normalized spacial score (nSPS) is 10.6. The summed E-state index contributed by atoms with van der Waals surface area (Å²) in [6.45, 7) is 1.88. The summed E-state index contributed by atoms with van der Waals surface area (Å²) in [6.07, 6.45) is 2.50. The van der Waals surface area contributed by atoms with Gasteiger partial charge in [0.25, 0.3) is 0 Å². The number of hydrogen-bond donors (Lipinski definition) is 1. The molecule has 0 amide bonds. The van der Waals surface area contributed by atoms with Crippen molar-refractivity contribution in [3.05, 3.63) is 24.3 Å². The summed E-state index contributed by atoms with van der Waals surface area (Å²) in [7, 11) is 4.07. The van der Waals surface area contributed by atoms with E-state index in [0.29, 0.717) is 0 Å². The lowest BCUT2D eigenvalue weighted by molar-refractivity contribution is 0.405. The maximum Gasteiger partial charge on any atom is 0.214 e. The molecule has 0 aliphatic heterocycles. The van der Waals surface area contributed by atoms with Crippen LogP contribution in [0.5, 0.6) is 0 Å². The highest BCUT2D eigenvalue weighted by Gasteiger charge is 1.95. The second-order valence-corrected chi connectivity index (χ2v) is 3.45. The maximum absolute atomic E-state index is 12.6. The van der Waals surface area contributed by atoms with Gasteiger partial charge in [0, 0.05) is 24.5 Å². The number of anilines is 1. The average molecular weight is 197 g/mol. The third-order valence-corrected chi connectivity index (χ3v) is 1.84. The van der Waals surface area contributed by atoms with Crippen molar-refractivity contribution < 1.29 is 4.39 Å². The van der Waals surface area contributed by atoms with E-state index >= 15 is 0 Å². The Morgan fingerprint density at radius 2 is 2.29 bits per heavy atom. The molecule has 0 aliphatic carbocycles. The third kappa shape index (κ3) is 4.18. The maximum atomic E-state index is 12.6. The second kappa shape index (κ2) is 5.54. The number of nitrogens with one attached hydrogen (secondary N) is 1. The number of halogens is 1. The standard InChI is InChI=1S/C10H16FN3/c1-14(2)7-3-5-12-9-4-6-13-10(11)8-9/h4,6,8H,3,5,7H2,1-2H3,(H,12,13). The van der Waals surface area contributed by atoms with Gasteiger partial charge in [0.2, 0.25) is 5.95 Å². The molecule has 1 aromatic heterocycles. The molecular weight excluding hydrogens is 181 g/mol. The molecule has 1 heterocycles. The first-order chi connectivity index (χ1) is 6.68. The fraction of sp³-hybridized carbons (Fsp3) is 0.500. The van der Waals surface area contributed by atoms with Gasteiger partial charge in [-0.3, -0.25) is 0 Å². The highest BCUT2D eigenvalue weighted by atomic mass is 19.1. The molecule has 0 aliphatic rings. The zero-order valence-electron chi connectivity index (χ0n) is 8.63. The highest BCUT2D eigenvalue weighted by Crippen LogP contribution is 2.06. The van der Waals surface area contributed by atoms with E-state index < -0.39 is 5.95 Å². The minimum Gasteiger partial charge on any atom is -0.385 e. The van der Waals surface area contributed by atoms with Gasteiger partial charge in [0.1, 0.15) is 0 Å². The summed E-state index contributed by atoms with van der Waals surface area (Å²) in [6, 6.07) is 3.16. The Bertz CT molecular complexity index is 276. The molecule has 14 heavy (non-hydrogen) atoms. The van der Waals surface area contributed by atoms with Crippen molar-refractivity contribution in [3.8, 4) is 0 Å². The predicted molar refractivity (Wildman–Crippen MR) is 55.9 cm³/mol. The third-order valence-electron chi connectivity index (χ3n) is 1.84. The molecule has 0 radical (unpaired) electrons. The van der Waals surface area contributed by atoms with Gasteiger partial charge in [0.15, 0.2) is 0 Å². The molecule has 1 rings (SSSR count). The number of nitrogens with zero attached hydrogens (tertiary/aromatic N) is 2. The van der Waals surface area contributed by atoms with Crippen LogP contribution in [0.25, 0.3) is 0 Å². The molecule has 0 bridgehead atoms. The van der Waals surface area contributed by atoms with Gasteiger partial charge < -0.3 is 10.2 Å². The highest BCUT2D eigenvalue weighted by molar-refractivity contribution is 5.40. The fourth-order valence-electron chi connectivity index (χ4n) is 1.14. The Morgan fingerprint density at radius 3 is 2.93 bits per heavy atom. The average Bonchev–Trinajstić information content (AvgIpc) is 2.12. The van der Waals surface area contributed by atoms with E-state index in [4.69, 9.17) is 0 Å². The van der Waals surface area contributed by atoms with Crippen LogP contribution in [-0.2, 0) is 0 Å². The van der Waals surface area contributed by atoms with Gasteiger partial charge in [-0.1, -0.05) is 0 Å². The van der Waals surface area contributed by atoms with Crippen molar-refractivity contribution in [2.24, 2.45) is 0 Å². The molecule has 78 valence electrons. The zero-order valence-corrected chi connectivity index (χ0v) is 8.63. The van der Waals surface area contributed by atoms with Gasteiger partial charge >= 0.3 is 0 Å². The van der Waals surface area contributed by atoms with E-state index in [1.165, 1.54) is 12.3 Å². The van der Waals surface area contributed by atoms with Crippen molar-refractivity contribution >= 4 is 5.69 Å². The SMILES string of the molecule is CN(C)CCCNc1ccnc(F)c1. The van der Waals surface area contributed by atoms with Crippen LogP contribution in [0, 0.1) is 5.95 Å². The molecule has 0 saturated heterocycles. The van der Waals surface area contributed by atoms with Crippen LogP contribution in [-0.4, -0.2) is 37.1 Å². The lowest BCUT2D eigenvalue weighted by Gasteiger charge is -2.10. The first-order valence-electron chi connectivity index (χ1n) is 4.68. The number of rotatable bonds is 5. The van der Waals surface area contributed by atoms with Crippen molar-refractivity contribution in [3.63, 3.8) is 0 Å². The van der Waals surface area contributed by atoms with E-state index in [1.807, 2.05) is 14.1 Å². The molecule has 0 spiro atoms. The first-order valence-corrected chi connectivity index (χ1v) is 4.68. The lowest BCUT2D eigenvalue weighted by atomic mass is 10.3. The Hall–Kier alpha value is -1.16. The molecule has 0 atom stereocenters. The molecule has 3 nitrogen and oxygen atoms in total. The Kier molecular flexibility index (Phi) is 4.32. The van der Waals surface area contributed by atoms with E-state index in [9.17, 15) is 4.39 Å². The summed E-state index contributed by atoms with van der Waals surface area (Å²) in [5.41, 5.74) is 0.788. The number of hydrogen-bond acceptors (Lipinski definition) is 3. The van der Waals surface area contributed by atoms with Crippen LogP contribution in [0.1, 0.15) is 6.42 Å². The van der Waals surface area contributed by atoms with Gasteiger partial charge in [0.05, 0.1) is 0 Å². The quantitative estimate of drug-likeness (QED) is 0.574. The van der Waals surface area contributed by atoms with Crippen molar-refractivity contribution in [2.45, 2.75) is 6.42 Å². The van der Waals surface area contributed by atoms with E-state index in [-0.39, 0.29) is 0 Å². The van der Waals surface area contributed by atoms with Crippen molar-refractivity contribution in [1.29, 1.82) is 0 Å². The lowest BCUT2D eigenvalue weighted by Crippen LogP contribution is -2.16. The minimum absolute atomic E-state index is 0.442. The smallest absolute Gasteiger partial charge is 0.214 e. The molecule has 1 aromatic rings. The topological polar surface area (TPSA) is 28.2 Å². The van der Waals surface area contributed by atoms with Crippen LogP contribution in [0.2, 0.25) is 0 Å². The van der Waals surface area contributed by atoms with Crippen LogP contribution in [0.3, 0.4) is 0 Å². The molecule has 4 heteroatoms. The van der Waals surface area contributed by atoms with E-state index in [1.54, 1.807) is 6.07 Å². The van der Waals surface area contributed by atoms with Gasteiger partial charge in [-0.25, -0.2) is 4.98 Å². The number of pyridine rings is 1. The van der Waals surface area contributed by atoms with Crippen LogP contribution in [0.4, 0.5) is 10.1 Å². The zero-order chi connectivity index (χ0) is 10.4. The minimum atomic E-state index is -0.442. The van der Waals surface area contributed by atoms with Gasteiger partial charge in [-0.2, -0.15) is 4.39 Å². The summed E-state index contributed by atoms with van der Waals surface area (Å²) in [5, 5.41) is 3.13. The molecular formula is C10H16FN3. The van der Waals surface area contributed by atoms with Crippen LogP contribution < -0.4 is 5.32 Å². The predicted octanol–water partition coefficient (Wildman–Crippen LogP) is 1.58. The number of aromatic nitrogens is 1. The van der Waals surface area contributed by atoms with E-state index in [2.05, 4.69) is 15.2 Å². The molecule has 0 saturated carbocycles. The molecule has 1 N–H and O–H groups in total. The monoisotopic (exact) mass is 197 g/mol. The van der Waals surface area contributed by atoms with Gasteiger partial charge in [-0.05, 0) is 33.1 Å². The molecule has 0 aromatic carbocycles. The summed E-state index contributed by atoms with van der Waals surface area (Å²) >= 11 is 0. The summed E-state index contributed by atoms with van der Waals surface area (Å²) in [4.78, 5) is 5.60. The molecule has 0 fully saturated rings. The molecule has 0 unspecified atom stereocenters. The Labute approximate surface area is 84.0 Å². The largest absolute Gasteiger partial charge is 0.385 e. The first kappa shape index (κ1) is 10.9. The van der Waals surface area contributed by atoms with Crippen LogP contribution in [0.15, 0.2) is 18.3 Å². The van der Waals surface area contributed by atoms with E-state index in [0.717, 1.165) is 25.2 Å². The van der Waals surface area contributed by atoms with Crippen molar-refractivity contribution in [2.75, 3.05) is 32.5 Å². The Balaban J connectivity index is 2.25.